The number of carboxylic acids is 1. The fourth-order valence-corrected chi connectivity index (χ4v) is 4.11. The molecule has 158 valence electrons. The fourth-order valence-electron chi connectivity index (χ4n) is 2.91. The summed E-state index contributed by atoms with van der Waals surface area (Å²) in [7, 11) is 0. The number of aliphatic carboxylic acids is 1. The van der Waals surface area contributed by atoms with Crippen LogP contribution in [0.2, 0.25) is 0 Å². The average Bonchev–Trinajstić information content (AvgIpc) is 3.01. The molecule has 0 saturated heterocycles. The first kappa shape index (κ1) is 21.6. The number of nitrogens with zero attached hydrogens (tertiary/aromatic N) is 2. The van der Waals surface area contributed by atoms with Gasteiger partial charge in [0.05, 0.1) is 15.8 Å². The maximum absolute atomic E-state index is 13.4. The standard InChI is InChI=1S/C19H13F5N2O3S/c1-2-13(17(28)29)26-14-5-3-4-10(19(22,23)24)15(14)30-18(26)25-16(27)9-6-7-11(20)12(21)8-9/h3-8,13H,2H2,1H3,(H,28,29). The maximum atomic E-state index is 13.4. The Labute approximate surface area is 169 Å². The molecule has 2 aromatic carbocycles. The van der Waals surface area contributed by atoms with E-state index in [1.54, 1.807) is 0 Å². The number of carboxylic acid groups (broad SMARTS) is 1. The second kappa shape index (κ2) is 7.98. The zero-order valence-electron chi connectivity index (χ0n) is 15.2. The molecule has 0 radical (unpaired) electrons. The molecule has 0 aliphatic rings. The van der Waals surface area contributed by atoms with E-state index in [1.165, 1.54) is 13.0 Å². The van der Waals surface area contributed by atoms with Crippen molar-refractivity contribution in [1.82, 2.24) is 4.57 Å². The van der Waals surface area contributed by atoms with Gasteiger partial charge in [0, 0.05) is 5.56 Å². The number of hydrogen-bond donors (Lipinski definition) is 1. The van der Waals surface area contributed by atoms with E-state index in [1.807, 2.05) is 0 Å². The first-order valence-corrected chi connectivity index (χ1v) is 9.34. The van der Waals surface area contributed by atoms with Gasteiger partial charge < -0.3 is 9.67 Å². The van der Waals surface area contributed by atoms with E-state index in [-0.39, 0.29) is 27.0 Å². The van der Waals surface area contributed by atoms with Crippen LogP contribution in [0.4, 0.5) is 22.0 Å². The van der Waals surface area contributed by atoms with Gasteiger partial charge in [-0.2, -0.15) is 18.2 Å². The maximum Gasteiger partial charge on any atom is 0.417 e. The lowest BCUT2D eigenvalue weighted by Crippen LogP contribution is -2.27. The first-order valence-electron chi connectivity index (χ1n) is 8.52. The van der Waals surface area contributed by atoms with Gasteiger partial charge in [0.2, 0.25) is 0 Å². The molecule has 1 heterocycles. The average molecular weight is 444 g/mol. The largest absolute Gasteiger partial charge is 0.480 e. The van der Waals surface area contributed by atoms with Crippen LogP contribution < -0.4 is 4.80 Å². The molecule has 30 heavy (non-hydrogen) atoms. The molecule has 0 aliphatic carbocycles. The lowest BCUT2D eigenvalue weighted by molar-refractivity contribution is -0.141. The molecule has 1 unspecified atom stereocenters. The number of carbonyl (C=O) groups is 2. The summed E-state index contributed by atoms with van der Waals surface area (Å²) in [6.07, 6.45) is -4.71. The second-order valence-corrected chi connectivity index (χ2v) is 7.19. The van der Waals surface area contributed by atoms with Crippen LogP contribution in [0.1, 0.15) is 35.3 Å². The fraction of sp³-hybridized carbons (Fsp3) is 0.211. The Kier molecular flexibility index (Phi) is 5.75. The molecule has 0 spiro atoms. The van der Waals surface area contributed by atoms with Crippen molar-refractivity contribution in [1.29, 1.82) is 0 Å². The van der Waals surface area contributed by atoms with Gasteiger partial charge in [0.25, 0.3) is 5.91 Å². The van der Waals surface area contributed by atoms with Gasteiger partial charge in [-0.05, 0) is 36.8 Å². The number of thiazole rings is 1. The molecule has 0 aliphatic heterocycles. The first-order chi connectivity index (χ1) is 14.0. The van der Waals surface area contributed by atoms with E-state index < -0.39 is 41.3 Å². The summed E-state index contributed by atoms with van der Waals surface area (Å²) in [4.78, 5) is 27.6. The van der Waals surface area contributed by atoms with Crippen LogP contribution >= 0.6 is 11.3 Å². The molecule has 3 rings (SSSR count). The van der Waals surface area contributed by atoms with Crippen LogP contribution in [-0.2, 0) is 11.0 Å². The lowest BCUT2D eigenvalue weighted by atomic mass is 10.1. The van der Waals surface area contributed by atoms with Crippen molar-refractivity contribution in [2.24, 2.45) is 4.99 Å². The van der Waals surface area contributed by atoms with E-state index in [2.05, 4.69) is 4.99 Å². The SMILES string of the molecule is CCC(C(=O)O)n1c(=NC(=O)c2ccc(F)c(F)c2)sc2c(C(F)(F)F)cccc21. The quantitative estimate of drug-likeness (QED) is 0.589. The summed E-state index contributed by atoms with van der Waals surface area (Å²) < 4.78 is 67.5. The molecule has 0 bridgehead atoms. The summed E-state index contributed by atoms with van der Waals surface area (Å²) in [5.74, 6) is -4.86. The van der Waals surface area contributed by atoms with E-state index in [0.717, 1.165) is 22.8 Å². The highest BCUT2D eigenvalue weighted by Gasteiger charge is 2.34. The summed E-state index contributed by atoms with van der Waals surface area (Å²) >= 11 is 0.493. The van der Waals surface area contributed by atoms with E-state index in [4.69, 9.17) is 0 Å². The van der Waals surface area contributed by atoms with Gasteiger partial charge in [0.1, 0.15) is 6.04 Å². The molecule has 0 fully saturated rings. The number of amides is 1. The number of fused-ring (bicyclic) bond motifs is 1. The van der Waals surface area contributed by atoms with Gasteiger partial charge >= 0.3 is 12.1 Å². The Morgan fingerprint density at radius 2 is 1.87 bits per heavy atom. The van der Waals surface area contributed by atoms with E-state index in [0.29, 0.717) is 23.5 Å². The van der Waals surface area contributed by atoms with Crippen molar-refractivity contribution >= 4 is 33.4 Å². The van der Waals surface area contributed by atoms with Crippen LogP contribution in [0.3, 0.4) is 0 Å². The third-order valence-electron chi connectivity index (χ3n) is 4.31. The van der Waals surface area contributed by atoms with Crippen LogP contribution in [-0.4, -0.2) is 21.6 Å². The van der Waals surface area contributed by atoms with Crippen LogP contribution in [0, 0.1) is 11.6 Å². The van der Waals surface area contributed by atoms with Gasteiger partial charge in [-0.25, -0.2) is 13.6 Å². The Hall–Kier alpha value is -3.08. The molecule has 0 saturated carbocycles. The third kappa shape index (κ3) is 3.97. The number of alkyl halides is 3. The number of halogens is 5. The van der Waals surface area contributed by atoms with Gasteiger partial charge in [-0.1, -0.05) is 24.3 Å². The molecule has 11 heteroatoms. The third-order valence-corrected chi connectivity index (χ3v) is 5.41. The van der Waals surface area contributed by atoms with E-state index in [9.17, 15) is 36.6 Å². The summed E-state index contributed by atoms with van der Waals surface area (Å²) in [5, 5.41) is 9.52. The highest BCUT2D eigenvalue weighted by molar-refractivity contribution is 7.16. The molecule has 1 amide bonds. The Morgan fingerprint density at radius 3 is 2.43 bits per heavy atom. The topological polar surface area (TPSA) is 71.7 Å². The van der Waals surface area contributed by atoms with Crippen LogP contribution in [0.15, 0.2) is 41.4 Å². The Morgan fingerprint density at radius 1 is 1.17 bits per heavy atom. The van der Waals surface area contributed by atoms with Crippen molar-refractivity contribution < 1.29 is 36.6 Å². The summed E-state index contributed by atoms with van der Waals surface area (Å²) in [6.45, 7) is 1.52. The summed E-state index contributed by atoms with van der Waals surface area (Å²) in [5.41, 5.74) is -1.39. The summed E-state index contributed by atoms with van der Waals surface area (Å²) in [6, 6.07) is 4.26. The smallest absolute Gasteiger partial charge is 0.417 e. The number of rotatable bonds is 4. The molecule has 1 N–H and O–H groups in total. The Bertz CT molecular complexity index is 1210. The lowest BCUT2D eigenvalue weighted by Gasteiger charge is -2.14. The van der Waals surface area contributed by atoms with Crippen molar-refractivity contribution in [2.75, 3.05) is 0 Å². The van der Waals surface area contributed by atoms with Gasteiger partial charge in [0.15, 0.2) is 16.4 Å². The number of aromatic nitrogens is 1. The van der Waals surface area contributed by atoms with Crippen molar-refractivity contribution in [3.05, 3.63) is 64.0 Å². The predicted octanol–water partition coefficient (Wildman–Crippen LogP) is 4.78. The normalized spacial score (nSPS) is 13.6. The van der Waals surface area contributed by atoms with Crippen molar-refractivity contribution in [3.63, 3.8) is 0 Å². The highest BCUT2D eigenvalue weighted by atomic mass is 32.1. The zero-order chi connectivity index (χ0) is 22.2. The molecular weight excluding hydrogens is 431 g/mol. The Balaban J connectivity index is 2.31. The molecule has 3 aromatic rings. The monoisotopic (exact) mass is 444 g/mol. The van der Waals surface area contributed by atoms with Gasteiger partial charge in [-0.15, -0.1) is 0 Å². The minimum Gasteiger partial charge on any atom is -0.480 e. The molecule has 1 aromatic heterocycles. The minimum absolute atomic E-state index is 0.00393. The number of carbonyl (C=O) groups excluding carboxylic acids is 1. The second-order valence-electron chi connectivity index (χ2n) is 6.21. The zero-order valence-corrected chi connectivity index (χ0v) is 16.0. The van der Waals surface area contributed by atoms with Crippen LogP contribution in [0.25, 0.3) is 10.2 Å². The number of hydrogen-bond acceptors (Lipinski definition) is 3. The van der Waals surface area contributed by atoms with E-state index >= 15 is 0 Å². The molecule has 1 atom stereocenters. The van der Waals surface area contributed by atoms with Gasteiger partial charge in [-0.3, -0.25) is 4.79 Å². The molecule has 5 nitrogen and oxygen atoms in total. The highest BCUT2D eigenvalue weighted by Crippen LogP contribution is 2.37. The minimum atomic E-state index is -4.71. The van der Waals surface area contributed by atoms with Crippen molar-refractivity contribution in [2.45, 2.75) is 25.6 Å². The number of benzene rings is 2. The predicted molar refractivity (Wildman–Crippen MR) is 98.0 cm³/mol. The van der Waals surface area contributed by atoms with Crippen molar-refractivity contribution in [3.8, 4) is 0 Å². The van der Waals surface area contributed by atoms with Crippen LogP contribution in [0.5, 0.6) is 0 Å². The molecular formula is C19H13F5N2O3S.